The van der Waals surface area contributed by atoms with Crippen LogP contribution < -0.4 is 4.90 Å². The van der Waals surface area contributed by atoms with Gasteiger partial charge in [0, 0.05) is 47.8 Å². The summed E-state index contributed by atoms with van der Waals surface area (Å²) < 4.78 is 1.17. The highest BCUT2D eigenvalue weighted by molar-refractivity contribution is 9.10. The van der Waals surface area contributed by atoms with Gasteiger partial charge in [0.05, 0.1) is 0 Å². The SMILES string of the molecule is Cc1cc(Br)ccc1N1CCN([C@@H]2C[C@H]2c2ccccc2)CC1C. The van der Waals surface area contributed by atoms with Gasteiger partial charge in [-0.1, -0.05) is 46.3 Å². The summed E-state index contributed by atoms with van der Waals surface area (Å²) in [4.78, 5) is 5.30. The fourth-order valence-electron chi connectivity index (χ4n) is 4.23. The summed E-state index contributed by atoms with van der Waals surface area (Å²) in [5.41, 5.74) is 4.26. The maximum atomic E-state index is 3.57. The number of aryl methyl sites for hydroxylation is 1. The van der Waals surface area contributed by atoms with Crippen molar-refractivity contribution >= 4 is 21.6 Å². The Balaban J connectivity index is 1.42. The van der Waals surface area contributed by atoms with Gasteiger partial charge >= 0.3 is 0 Å². The molecule has 0 bridgehead atoms. The first-order chi connectivity index (χ1) is 11.6. The lowest BCUT2D eigenvalue weighted by atomic mass is 10.1. The summed E-state index contributed by atoms with van der Waals surface area (Å²) >= 11 is 3.57. The van der Waals surface area contributed by atoms with Crippen molar-refractivity contribution in [2.24, 2.45) is 0 Å². The number of nitrogens with zero attached hydrogens (tertiary/aromatic N) is 2. The molecule has 2 nitrogen and oxygen atoms in total. The molecule has 1 heterocycles. The molecule has 3 atom stereocenters. The number of hydrogen-bond donors (Lipinski definition) is 0. The van der Waals surface area contributed by atoms with Crippen molar-refractivity contribution in [1.29, 1.82) is 0 Å². The van der Waals surface area contributed by atoms with E-state index in [0.29, 0.717) is 6.04 Å². The second kappa shape index (κ2) is 6.53. The summed E-state index contributed by atoms with van der Waals surface area (Å²) in [7, 11) is 0. The molecule has 2 fully saturated rings. The molecular weight excluding hydrogens is 360 g/mol. The van der Waals surface area contributed by atoms with Crippen LogP contribution in [0.25, 0.3) is 0 Å². The quantitative estimate of drug-likeness (QED) is 0.747. The second-order valence-electron chi connectivity index (χ2n) is 7.29. The number of anilines is 1. The Morgan fingerprint density at radius 3 is 2.54 bits per heavy atom. The summed E-state index contributed by atoms with van der Waals surface area (Å²) in [6.07, 6.45) is 1.33. The van der Waals surface area contributed by atoms with Crippen molar-refractivity contribution in [3.8, 4) is 0 Å². The lowest BCUT2D eigenvalue weighted by Gasteiger charge is -2.42. The molecule has 1 unspecified atom stereocenters. The van der Waals surface area contributed by atoms with Crippen LogP contribution in [0.4, 0.5) is 5.69 Å². The summed E-state index contributed by atoms with van der Waals surface area (Å²) in [6.45, 7) is 8.05. The Bertz CT molecular complexity index is 715. The van der Waals surface area contributed by atoms with E-state index in [-0.39, 0.29) is 0 Å². The Hall–Kier alpha value is -1.32. The smallest absolute Gasteiger partial charge is 0.0400 e. The number of benzene rings is 2. The van der Waals surface area contributed by atoms with Crippen LogP contribution in [0.1, 0.15) is 30.4 Å². The Morgan fingerprint density at radius 2 is 1.83 bits per heavy atom. The molecule has 1 aliphatic carbocycles. The predicted octanol–water partition coefficient (Wildman–Crippen LogP) is 4.82. The number of halogens is 1. The first kappa shape index (κ1) is 16.2. The van der Waals surface area contributed by atoms with Crippen molar-refractivity contribution in [2.45, 2.75) is 38.3 Å². The zero-order valence-corrected chi connectivity index (χ0v) is 16.0. The number of rotatable bonds is 3. The van der Waals surface area contributed by atoms with Crippen LogP contribution >= 0.6 is 15.9 Å². The zero-order chi connectivity index (χ0) is 16.7. The van der Waals surface area contributed by atoms with Crippen molar-refractivity contribution in [1.82, 2.24) is 4.90 Å². The normalized spacial score (nSPS) is 27.3. The highest BCUT2D eigenvalue weighted by Crippen LogP contribution is 2.45. The summed E-state index contributed by atoms with van der Waals surface area (Å²) in [6, 6.07) is 19.0. The number of hydrogen-bond acceptors (Lipinski definition) is 2. The molecule has 2 aromatic carbocycles. The molecule has 0 N–H and O–H groups in total. The van der Waals surface area contributed by atoms with E-state index in [9.17, 15) is 0 Å². The molecule has 24 heavy (non-hydrogen) atoms. The van der Waals surface area contributed by atoms with E-state index in [1.54, 1.807) is 0 Å². The Kier molecular flexibility index (Phi) is 4.40. The standard InChI is InChI=1S/C21H25BrN2/c1-15-12-18(22)8-9-20(15)24-11-10-23(14-16(24)2)21-13-19(21)17-6-4-3-5-7-17/h3-9,12,16,19,21H,10-11,13-14H2,1-2H3/t16?,19-,21+/m0/s1. The molecule has 1 saturated heterocycles. The van der Waals surface area contributed by atoms with Crippen LogP contribution in [0.15, 0.2) is 53.0 Å². The molecule has 0 aromatic heterocycles. The molecule has 0 spiro atoms. The van der Waals surface area contributed by atoms with Crippen molar-refractivity contribution in [3.05, 3.63) is 64.1 Å². The van der Waals surface area contributed by atoms with Gasteiger partial charge in [-0.25, -0.2) is 0 Å². The molecule has 1 aliphatic heterocycles. The van der Waals surface area contributed by atoms with Crippen molar-refractivity contribution < 1.29 is 0 Å². The highest BCUT2D eigenvalue weighted by Gasteiger charge is 2.44. The predicted molar refractivity (Wildman–Crippen MR) is 105 cm³/mol. The first-order valence-electron chi connectivity index (χ1n) is 8.95. The van der Waals surface area contributed by atoms with Gasteiger partial charge in [-0.05, 0) is 49.6 Å². The monoisotopic (exact) mass is 384 g/mol. The third-order valence-corrected chi connectivity index (χ3v) is 6.07. The highest BCUT2D eigenvalue weighted by atomic mass is 79.9. The van der Waals surface area contributed by atoms with Crippen LogP contribution in [0.3, 0.4) is 0 Å². The molecule has 0 amide bonds. The molecule has 3 heteroatoms. The van der Waals surface area contributed by atoms with E-state index in [2.05, 4.69) is 88.1 Å². The summed E-state index contributed by atoms with van der Waals surface area (Å²) in [5, 5.41) is 0. The van der Waals surface area contributed by atoms with Crippen LogP contribution in [-0.2, 0) is 0 Å². The average molecular weight is 385 g/mol. The Labute approximate surface area is 153 Å². The van der Waals surface area contributed by atoms with Gasteiger partial charge in [-0.2, -0.15) is 0 Å². The summed E-state index contributed by atoms with van der Waals surface area (Å²) in [5.74, 6) is 0.749. The molecule has 2 aromatic rings. The van der Waals surface area contributed by atoms with Crippen molar-refractivity contribution in [3.63, 3.8) is 0 Å². The van der Waals surface area contributed by atoms with Gasteiger partial charge in [-0.3, -0.25) is 4.90 Å². The fourth-order valence-corrected chi connectivity index (χ4v) is 4.71. The van der Waals surface area contributed by atoms with Crippen molar-refractivity contribution in [2.75, 3.05) is 24.5 Å². The average Bonchev–Trinajstić information content (AvgIpc) is 3.37. The first-order valence-corrected chi connectivity index (χ1v) is 9.74. The van der Waals surface area contributed by atoms with E-state index in [1.807, 2.05) is 0 Å². The second-order valence-corrected chi connectivity index (χ2v) is 8.20. The molecule has 1 saturated carbocycles. The van der Waals surface area contributed by atoms with E-state index >= 15 is 0 Å². The third kappa shape index (κ3) is 3.12. The molecule has 2 aliphatic rings. The van der Waals surface area contributed by atoms with Gasteiger partial charge in [0.15, 0.2) is 0 Å². The van der Waals surface area contributed by atoms with E-state index < -0.39 is 0 Å². The fraction of sp³-hybridized carbons (Fsp3) is 0.429. The molecule has 126 valence electrons. The van der Waals surface area contributed by atoms with E-state index in [4.69, 9.17) is 0 Å². The minimum absolute atomic E-state index is 0.565. The largest absolute Gasteiger partial charge is 0.366 e. The van der Waals surface area contributed by atoms with Gasteiger partial charge in [0.25, 0.3) is 0 Å². The van der Waals surface area contributed by atoms with E-state index in [0.717, 1.165) is 18.5 Å². The van der Waals surface area contributed by atoms with Crippen LogP contribution in [0.5, 0.6) is 0 Å². The third-order valence-electron chi connectivity index (χ3n) is 5.58. The van der Waals surface area contributed by atoms with Crippen LogP contribution in [0, 0.1) is 6.92 Å². The number of piperazine rings is 1. The zero-order valence-electron chi connectivity index (χ0n) is 14.5. The molecule has 0 radical (unpaired) electrons. The van der Waals surface area contributed by atoms with Crippen LogP contribution in [-0.4, -0.2) is 36.6 Å². The van der Waals surface area contributed by atoms with Gasteiger partial charge in [0.1, 0.15) is 0 Å². The topological polar surface area (TPSA) is 6.48 Å². The Morgan fingerprint density at radius 1 is 1.04 bits per heavy atom. The lowest BCUT2D eigenvalue weighted by Crippen LogP contribution is -2.53. The van der Waals surface area contributed by atoms with E-state index in [1.165, 1.54) is 40.8 Å². The van der Waals surface area contributed by atoms with Gasteiger partial charge in [0.2, 0.25) is 0 Å². The maximum absolute atomic E-state index is 3.57. The minimum atomic E-state index is 0.565. The molecule has 4 rings (SSSR count). The lowest BCUT2D eigenvalue weighted by molar-refractivity contribution is 0.216. The maximum Gasteiger partial charge on any atom is 0.0400 e. The minimum Gasteiger partial charge on any atom is -0.366 e. The van der Waals surface area contributed by atoms with Gasteiger partial charge < -0.3 is 4.90 Å². The van der Waals surface area contributed by atoms with Gasteiger partial charge in [-0.15, -0.1) is 0 Å². The molecular formula is C21H25BrN2. The van der Waals surface area contributed by atoms with Crippen LogP contribution in [0.2, 0.25) is 0 Å².